The lowest BCUT2D eigenvalue weighted by Gasteiger charge is -2.38. The van der Waals surface area contributed by atoms with Gasteiger partial charge in [0.05, 0.1) is 11.2 Å². The lowest BCUT2D eigenvalue weighted by Crippen LogP contribution is -2.50. The average Bonchev–Trinajstić information content (AvgIpc) is 3.56. The molecule has 1 aliphatic carbocycles. The van der Waals surface area contributed by atoms with E-state index in [4.69, 9.17) is 16.6 Å². The number of likely N-dealkylation sites (tertiary alicyclic amines) is 1. The van der Waals surface area contributed by atoms with Crippen molar-refractivity contribution >= 4 is 34.2 Å². The molecule has 38 heavy (non-hydrogen) atoms. The SMILES string of the molecule is C=CC(=O)N1CC(CC(=O)c2c(C)nc(CCc3[nH]nc4cc(Cl)c(C(C)(C)C)cc34)n2C2CCCC2)C1. The second-order valence-corrected chi connectivity index (χ2v) is 12.4. The number of nitrogens with one attached hydrogen (secondary N) is 1. The molecular formula is C30H38ClN5O2. The predicted octanol–water partition coefficient (Wildman–Crippen LogP) is 6.14. The summed E-state index contributed by atoms with van der Waals surface area (Å²) in [5.74, 6) is 1.25. The summed E-state index contributed by atoms with van der Waals surface area (Å²) in [4.78, 5) is 32.1. The summed E-state index contributed by atoms with van der Waals surface area (Å²) >= 11 is 6.57. The van der Waals surface area contributed by atoms with Gasteiger partial charge in [-0.2, -0.15) is 5.10 Å². The second-order valence-electron chi connectivity index (χ2n) is 12.0. The van der Waals surface area contributed by atoms with Crippen LogP contribution in [0.5, 0.6) is 0 Å². The van der Waals surface area contributed by atoms with Crippen molar-refractivity contribution in [2.45, 2.75) is 84.1 Å². The number of carbonyl (C=O) groups excluding carboxylic acids is 2. The van der Waals surface area contributed by atoms with Gasteiger partial charge in [0.2, 0.25) is 5.91 Å². The fourth-order valence-electron chi connectivity index (χ4n) is 6.13. The molecule has 0 atom stereocenters. The van der Waals surface area contributed by atoms with Gasteiger partial charge in [-0.05, 0) is 55.4 Å². The molecule has 3 heterocycles. The molecule has 5 rings (SSSR count). The molecule has 1 saturated heterocycles. The van der Waals surface area contributed by atoms with E-state index in [1.165, 1.54) is 18.9 Å². The van der Waals surface area contributed by atoms with Crippen LogP contribution < -0.4 is 0 Å². The maximum absolute atomic E-state index is 13.6. The minimum Gasteiger partial charge on any atom is -0.338 e. The number of aryl methyl sites for hydroxylation is 3. The van der Waals surface area contributed by atoms with Crippen LogP contribution in [0.1, 0.15) is 92.2 Å². The fourth-order valence-corrected chi connectivity index (χ4v) is 6.57. The Balaban J connectivity index is 1.39. The number of halogens is 1. The van der Waals surface area contributed by atoms with Crippen molar-refractivity contribution in [1.29, 1.82) is 0 Å². The smallest absolute Gasteiger partial charge is 0.245 e. The van der Waals surface area contributed by atoms with E-state index < -0.39 is 0 Å². The Labute approximate surface area is 229 Å². The maximum atomic E-state index is 13.6. The zero-order valence-electron chi connectivity index (χ0n) is 22.9. The number of Topliss-reactive ketones (excluding diaryl/α,β-unsaturated/α-hetero) is 1. The van der Waals surface area contributed by atoms with E-state index in [2.05, 4.69) is 48.2 Å². The van der Waals surface area contributed by atoms with Crippen molar-refractivity contribution in [2.24, 2.45) is 5.92 Å². The monoisotopic (exact) mass is 535 g/mol. The molecular weight excluding hydrogens is 498 g/mol. The van der Waals surface area contributed by atoms with Gasteiger partial charge in [-0.1, -0.05) is 51.8 Å². The molecule has 2 fully saturated rings. The summed E-state index contributed by atoms with van der Waals surface area (Å²) in [5, 5.41) is 9.58. The van der Waals surface area contributed by atoms with Gasteiger partial charge in [0.15, 0.2) is 5.78 Å². The molecule has 0 bridgehead atoms. The molecule has 202 valence electrons. The van der Waals surface area contributed by atoms with E-state index in [1.807, 2.05) is 13.0 Å². The molecule has 7 nitrogen and oxygen atoms in total. The number of amides is 1. The third kappa shape index (κ3) is 5.05. The summed E-state index contributed by atoms with van der Waals surface area (Å²) in [6, 6.07) is 4.43. The minimum atomic E-state index is -0.0681. The van der Waals surface area contributed by atoms with E-state index in [9.17, 15) is 9.59 Å². The van der Waals surface area contributed by atoms with Crippen molar-refractivity contribution < 1.29 is 9.59 Å². The number of aromatic amines is 1. The van der Waals surface area contributed by atoms with Crippen molar-refractivity contribution in [2.75, 3.05) is 13.1 Å². The zero-order chi connectivity index (χ0) is 27.2. The highest BCUT2D eigenvalue weighted by Gasteiger charge is 2.34. The number of H-pyrrole nitrogens is 1. The van der Waals surface area contributed by atoms with Gasteiger partial charge in [-0.3, -0.25) is 14.7 Å². The quantitative estimate of drug-likeness (QED) is 0.277. The number of hydrogen-bond acceptors (Lipinski definition) is 4. The molecule has 2 aromatic heterocycles. The van der Waals surface area contributed by atoms with Crippen LogP contribution in [0.4, 0.5) is 0 Å². The third-order valence-electron chi connectivity index (χ3n) is 8.16. The minimum absolute atomic E-state index is 0.0635. The van der Waals surface area contributed by atoms with Crippen molar-refractivity contribution in [3.05, 3.63) is 58.3 Å². The van der Waals surface area contributed by atoms with Gasteiger partial charge in [0.1, 0.15) is 11.5 Å². The number of aromatic nitrogens is 4. The third-order valence-corrected chi connectivity index (χ3v) is 8.47. The molecule has 3 aromatic rings. The molecule has 1 N–H and O–H groups in total. The van der Waals surface area contributed by atoms with E-state index in [0.29, 0.717) is 25.6 Å². The van der Waals surface area contributed by atoms with Crippen LogP contribution in [-0.2, 0) is 23.1 Å². The molecule has 1 amide bonds. The van der Waals surface area contributed by atoms with Crippen LogP contribution in [0.25, 0.3) is 10.9 Å². The molecule has 0 unspecified atom stereocenters. The van der Waals surface area contributed by atoms with Gasteiger partial charge in [0, 0.05) is 54.0 Å². The highest BCUT2D eigenvalue weighted by molar-refractivity contribution is 6.32. The van der Waals surface area contributed by atoms with Crippen LogP contribution >= 0.6 is 11.6 Å². The number of nitrogens with zero attached hydrogens (tertiary/aromatic N) is 4. The Morgan fingerprint density at radius 2 is 1.89 bits per heavy atom. The molecule has 8 heteroatoms. The Bertz CT molecular complexity index is 1380. The Morgan fingerprint density at radius 1 is 1.18 bits per heavy atom. The number of hydrogen-bond donors (Lipinski definition) is 1. The summed E-state index contributed by atoms with van der Waals surface area (Å²) in [5.41, 5.74) is 4.54. The van der Waals surface area contributed by atoms with Crippen LogP contribution in [0.2, 0.25) is 5.02 Å². The number of carbonyl (C=O) groups is 2. The molecule has 1 aromatic carbocycles. The summed E-state index contributed by atoms with van der Waals surface area (Å²) in [6.45, 7) is 13.2. The zero-order valence-corrected chi connectivity index (χ0v) is 23.7. The molecule has 1 saturated carbocycles. The Morgan fingerprint density at radius 3 is 2.55 bits per heavy atom. The topological polar surface area (TPSA) is 83.9 Å². The molecule has 0 radical (unpaired) electrons. The fraction of sp³-hybridized carbons (Fsp3) is 0.533. The standard InChI is InChI=1S/C30H38ClN5O2/c1-6-28(38)35-16-19(17-35)13-26(37)29-18(2)32-27(36(29)20-9-7-8-10-20)12-11-24-21-14-22(30(3,4)5)23(31)15-25(21)34-33-24/h6,14-15,19-20H,1,7-13,16-17H2,2-5H3,(H,33,34). The van der Waals surface area contributed by atoms with Crippen LogP contribution in [-0.4, -0.2) is 49.4 Å². The van der Waals surface area contributed by atoms with Crippen molar-refractivity contribution in [1.82, 2.24) is 24.6 Å². The van der Waals surface area contributed by atoms with Crippen molar-refractivity contribution in [3.8, 4) is 0 Å². The number of fused-ring (bicyclic) bond motifs is 1. The lowest BCUT2D eigenvalue weighted by atomic mass is 9.86. The van der Waals surface area contributed by atoms with Gasteiger partial charge in [0.25, 0.3) is 0 Å². The van der Waals surface area contributed by atoms with Crippen LogP contribution in [0.3, 0.4) is 0 Å². The Kier molecular flexibility index (Phi) is 7.25. The van der Waals surface area contributed by atoms with E-state index in [1.54, 1.807) is 4.90 Å². The summed E-state index contributed by atoms with van der Waals surface area (Å²) in [7, 11) is 0. The van der Waals surface area contributed by atoms with E-state index >= 15 is 0 Å². The second kappa shape index (κ2) is 10.3. The van der Waals surface area contributed by atoms with Crippen LogP contribution in [0, 0.1) is 12.8 Å². The number of imidazole rings is 1. The lowest BCUT2D eigenvalue weighted by molar-refractivity contribution is -0.132. The predicted molar refractivity (Wildman–Crippen MR) is 151 cm³/mol. The van der Waals surface area contributed by atoms with Crippen LogP contribution in [0.15, 0.2) is 24.8 Å². The first-order valence-corrected chi connectivity index (χ1v) is 14.1. The highest BCUT2D eigenvalue weighted by atomic mass is 35.5. The summed E-state index contributed by atoms with van der Waals surface area (Å²) in [6.07, 6.45) is 7.77. The number of benzene rings is 1. The van der Waals surface area contributed by atoms with Crippen molar-refractivity contribution in [3.63, 3.8) is 0 Å². The summed E-state index contributed by atoms with van der Waals surface area (Å²) < 4.78 is 2.26. The number of ketones is 1. The first-order chi connectivity index (χ1) is 18.1. The molecule has 1 aliphatic heterocycles. The Hall–Kier alpha value is -2.93. The first-order valence-electron chi connectivity index (χ1n) is 13.8. The van der Waals surface area contributed by atoms with Gasteiger partial charge < -0.3 is 9.47 Å². The van der Waals surface area contributed by atoms with Gasteiger partial charge in [-0.15, -0.1) is 0 Å². The normalized spacial score (nSPS) is 16.8. The van der Waals surface area contributed by atoms with Gasteiger partial charge >= 0.3 is 0 Å². The van der Waals surface area contributed by atoms with E-state index in [-0.39, 0.29) is 23.0 Å². The maximum Gasteiger partial charge on any atom is 0.245 e. The molecule has 0 spiro atoms. The molecule has 2 aliphatic rings. The largest absolute Gasteiger partial charge is 0.338 e. The number of rotatable bonds is 8. The first kappa shape index (κ1) is 26.7. The highest BCUT2D eigenvalue weighted by Crippen LogP contribution is 2.36. The van der Waals surface area contributed by atoms with Gasteiger partial charge in [-0.25, -0.2) is 4.98 Å². The van der Waals surface area contributed by atoms with E-state index in [0.717, 1.165) is 70.1 Å². The average molecular weight is 536 g/mol.